The fraction of sp³-hybridized carbons (Fsp3) is 0.944. The highest BCUT2D eigenvalue weighted by atomic mass is 15.2. The van der Waals surface area contributed by atoms with Gasteiger partial charge >= 0.3 is 0 Å². The summed E-state index contributed by atoms with van der Waals surface area (Å²) in [4.78, 5) is 9.96. The van der Waals surface area contributed by atoms with Crippen LogP contribution in [0.15, 0.2) is 4.99 Å². The topological polar surface area (TPSA) is 42.9 Å². The average Bonchev–Trinajstić information content (AvgIpc) is 3.02. The molecular weight excluding hydrogens is 286 g/mol. The molecule has 2 aliphatic heterocycles. The number of guanidine groups is 1. The molecular formula is C18H37N5. The first-order chi connectivity index (χ1) is 11.2. The molecule has 0 saturated carbocycles. The Kier molecular flexibility index (Phi) is 8.17. The Bertz CT molecular complexity index is 349. The lowest BCUT2D eigenvalue weighted by molar-refractivity contribution is 0.195. The van der Waals surface area contributed by atoms with Crippen molar-refractivity contribution in [2.75, 3.05) is 52.4 Å². The third kappa shape index (κ3) is 6.30. The van der Waals surface area contributed by atoms with Crippen molar-refractivity contribution in [1.29, 1.82) is 0 Å². The van der Waals surface area contributed by atoms with Crippen LogP contribution in [0.3, 0.4) is 0 Å². The molecule has 0 aliphatic carbocycles. The molecule has 0 aromatic heterocycles. The van der Waals surface area contributed by atoms with Gasteiger partial charge in [0.05, 0.1) is 6.54 Å². The molecule has 0 spiro atoms. The minimum Gasteiger partial charge on any atom is -0.357 e. The molecule has 2 N–H and O–H groups in total. The molecule has 23 heavy (non-hydrogen) atoms. The highest BCUT2D eigenvalue weighted by molar-refractivity contribution is 5.79. The van der Waals surface area contributed by atoms with Crippen molar-refractivity contribution in [1.82, 2.24) is 20.4 Å². The average molecular weight is 324 g/mol. The lowest BCUT2D eigenvalue weighted by Crippen LogP contribution is -2.44. The molecule has 2 saturated heterocycles. The number of hydrogen-bond acceptors (Lipinski definition) is 3. The van der Waals surface area contributed by atoms with E-state index in [4.69, 9.17) is 4.99 Å². The summed E-state index contributed by atoms with van der Waals surface area (Å²) in [6, 6.07) is 0.638. The van der Waals surface area contributed by atoms with E-state index in [1.807, 2.05) is 0 Å². The Hall–Kier alpha value is -0.810. The molecule has 0 radical (unpaired) electrons. The number of likely N-dealkylation sites (tertiary alicyclic amines) is 2. The van der Waals surface area contributed by atoms with Crippen molar-refractivity contribution < 1.29 is 0 Å². The van der Waals surface area contributed by atoms with E-state index >= 15 is 0 Å². The second kappa shape index (κ2) is 10.1. The van der Waals surface area contributed by atoms with Crippen LogP contribution in [0, 0.1) is 5.92 Å². The molecule has 0 aromatic carbocycles. The lowest BCUT2D eigenvalue weighted by Gasteiger charge is -2.30. The van der Waals surface area contributed by atoms with Gasteiger partial charge in [0.15, 0.2) is 5.96 Å². The molecule has 0 bridgehead atoms. The van der Waals surface area contributed by atoms with E-state index in [-0.39, 0.29) is 0 Å². The minimum atomic E-state index is 0.638. The van der Waals surface area contributed by atoms with Gasteiger partial charge in [-0.3, -0.25) is 9.89 Å². The number of likely N-dealkylation sites (N-methyl/N-ethyl adjacent to an activating group) is 1. The summed E-state index contributed by atoms with van der Waals surface area (Å²) in [7, 11) is 0. The zero-order valence-corrected chi connectivity index (χ0v) is 15.5. The Balaban J connectivity index is 1.71. The van der Waals surface area contributed by atoms with Gasteiger partial charge in [0.25, 0.3) is 0 Å². The van der Waals surface area contributed by atoms with Crippen LogP contribution in [0.4, 0.5) is 0 Å². The Labute approximate surface area is 142 Å². The monoisotopic (exact) mass is 323 g/mol. The van der Waals surface area contributed by atoms with Gasteiger partial charge in [-0.15, -0.1) is 0 Å². The number of piperidine rings is 1. The van der Waals surface area contributed by atoms with Gasteiger partial charge in [-0.1, -0.05) is 13.8 Å². The summed E-state index contributed by atoms with van der Waals surface area (Å²) in [6.07, 6.45) is 5.32. The Morgan fingerprint density at radius 3 is 2.57 bits per heavy atom. The normalized spacial score (nSPS) is 25.0. The van der Waals surface area contributed by atoms with Crippen molar-refractivity contribution in [3.05, 3.63) is 0 Å². The molecule has 5 heteroatoms. The highest BCUT2D eigenvalue weighted by Gasteiger charge is 2.22. The minimum absolute atomic E-state index is 0.638. The highest BCUT2D eigenvalue weighted by Crippen LogP contribution is 2.16. The van der Waals surface area contributed by atoms with Crippen molar-refractivity contribution in [3.63, 3.8) is 0 Å². The fourth-order valence-electron chi connectivity index (χ4n) is 3.67. The van der Waals surface area contributed by atoms with Crippen LogP contribution in [0.1, 0.15) is 46.5 Å². The summed E-state index contributed by atoms with van der Waals surface area (Å²) >= 11 is 0. The van der Waals surface area contributed by atoms with E-state index in [0.29, 0.717) is 6.04 Å². The molecule has 2 aliphatic rings. The first-order valence-electron chi connectivity index (χ1n) is 9.71. The van der Waals surface area contributed by atoms with E-state index in [9.17, 15) is 0 Å². The number of nitrogens with zero attached hydrogens (tertiary/aromatic N) is 3. The molecule has 1 unspecified atom stereocenters. The van der Waals surface area contributed by atoms with Crippen LogP contribution < -0.4 is 10.6 Å². The number of aliphatic imine (C=N–C) groups is 1. The largest absolute Gasteiger partial charge is 0.357 e. The summed E-state index contributed by atoms with van der Waals surface area (Å²) < 4.78 is 0. The number of hydrogen-bond donors (Lipinski definition) is 2. The lowest BCUT2D eigenvalue weighted by atomic mass is 9.99. The molecule has 1 atom stereocenters. The first-order valence-corrected chi connectivity index (χ1v) is 9.71. The van der Waals surface area contributed by atoms with E-state index in [2.05, 4.69) is 41.2 Å². The van der Waals surface area contributed by atoms with Crippen LogP contribution in [-0.4, -0.2) is 74.2 Å². The fourth-order valence-corrected chi connectivity index (χ4v) is 3.67. The van der Waals surface area contributed by atoms with Gasteiger partial charge in [-0.2, -0.15) is 0 Å². The first kappa shape index (κ1) is 18.5. The Morgan fingerprint density at radius 2 is 1.87 bits per heavy atom. The predicted octanol–water partition coefficient (Wildman–Crippen LogP) is 1.76. The van der Waals surface area contributed by atoms with Crippen LogP contribution in [0.2, 0.25) is 0 Å². The van der Waals surface area contributed by atoms with E-state index in [0.717, 1.165) is 44.6 Å². The molecule has 0 aromatic rings. The SMILES string of the molecule is CCNC(=NCC1CCCN1CC)NCCN1CCC(C)CC1. The van der Waals surface area contributed by atoms with Crippen LogP contribution in [0.5, 0.6) is 0 Å². The van der Waals surface area contributed by atoms with Gasteiger partial charge in [0.2, 0.25) is 0 Å². The molecule has 134 valence electrons. The molecule has 0 amide bonds. The molecule has 5 nitrogen and oxygen atoms in total. The maximum atomic E-state index is 4.82. The Morgan fingerprint density at radius 1 is 1.09 bits per heavy atom. The van der Waals surface area contributed by atoms with Gasteiger partial charge < -0.3 is 15.5 Å². The third-order valence-corrected chi connectivity index (χ3v) is 5.31. The quantitative estimate of drug-likeness (QED) is 0.553. The zero-order chi connectivity index (χ0) is 16.5. The van der Waals surface area contributed by atoms with Gasteiger partial charge in [0.1, 0.15) is 0 Å². The zero-order valence-electron chi connectivity index (χ0n) is 15.5. The van der Waals surface area contributed by atoms with E-state index in [1.54, 1.807) is 0 Å². The second-order valence-electron chi connectivity index (χ2n) is 7.10. The third-order valence-electron chi connectivity index (χ3n) is 5.31. The summed E-state index contributed by atoms with van der Waals surface area (Å²) in [6.45, 7) is 15.6. The van der Waals surface area contributed by atoms with Crippen LogP contribution in [0.25, 0.3) is 0 Å². The summed E-state index contributed by atoms with van der Waals surface area (Å²) in [5, 5.41) is 6.90. The van der Waals surface area contributed by atoms with E-state index in [1.165, 1.54) is 45.3 Å². The summed E-state index contributed by atoms with van der Waals surface area (Å²) in [5.41, 5.74) is 0. The molecule has 2 rings (SSSR count). The standard InChI is InChI=1S/C18H37N5/c1-4-19-18(21-15-17-7-6-11-23(17)5-2)20-10-14-22-12-8-16(3)9-13-22/h16-17H,4-15H2,1-3H3,(H2,19,20,21). The molecule has 2 heterocycles. The molecule has 2 fully saturated rings. The number of rotatable bonds is 7. The van der Waals surface area contributed by atoms with Crippen molar-refractivity contribution in [2.45, 2.75) is 52.5 Å². The van der Waals surface area contributed by atoms with Crippen LogP contribution in [-0.2, 0) is 0 Å². The van der Waals surface area contributed by atoms with Crippen molar-refractivity contribution >= 4 is 5.96 Å². The van der Waals surface area contributed by atoms with Gasteiger partial charge in [-0.25, -0.2) is 0 Å². The van der Waals surface area contributed by atoms with Crippen molar-refractivity contribution in [3.8, 4) is 0 Å². The van der Waals surface area contributed by atoms with Crippen molar-refractivity contribution in [2.24, 2.45) is 10.9 Å². The predicted molar refractivity (Wildman–Crippen MR) is 99.1 cm³/mol. The smallest absolute Gasteiger partial charge is 0.191 e. The maximum Gasteiger partial charge on any atom is 0.191 e. The van der Waals surface area contributed by atoms with Gasteiger partial charge in [0, 0.05) is 25.7 Å². The summed E-state index contributed by atoms with van der Waals surface area (Å²) in [5.74, 6) is 1.90. The second-order valence-corrected chi connectivity index (χ2v) is 7.10. The van der Waals surface area contributed by atoms with Crippen LogP contribution >= 0.6 is 0 Å². The van der Waals surface area contributed by atoms with E-state index < -0.39 is 0 Å². The maximum absolute atomic E-state index is 4.82. The van der Waals surface area contributed by atoms with Gasteiger partial charge in [-0.05, 0) is 64.7 Å². The number of nitrogens with one attached hydrogen (secondary N) is 2.